The van der Waals surface area contributed by atoms with Crippen molar-refractivity contribution in [3.8, 4) is 16.9 Å². The molecule has 0 atom stereocenters. The number of ether oxygens (including phenoxy) is 1. The van der Waals surface area contributed by atoms with E-state index in [2.05, 4.69) is 67.5 Å². The van der Waals surface area contributed by atoms with Crippen LogP contribution < -0.4 is 15.0 Å². The number of carbonyl (C=O) groups is 1. The number of hydrogen-bond acceptors (Lipinski definition) is 5. The molecule has 6 nitrogen and oxygen atoms in total. The molecule has 38 heavy (non-hydrogen) atoms. The zero-order chi connectivity index (χ0) is 27.3. The molecular weight excluding hydrogens is 474 g/mol. The number of nitrogens with zero attached hydrogens (tertiary/aromatic N) is 2. The number of aromatic nitrogens is 1. The number of carbonyl (C=O) groups excluding carboxylic acids is 1. The average molecular weight is 512 g/mol. The van der Waals surface area contributed by atoms with Crippen molar-refractivity contribution < 1.29 is 14.6 Å². The van der Waals surface area contributed by atoms with Gasteiger partial charge in [0.05, 0.1) is 20.3 Å². The number of hydrogen-bond donors (Lipinski definition) is 2. The Hall–Kier alpha value is -3.90. The van der Waals surface area contributed by atoms with Crippen LogP contribution in [0, 0.1) is 12.3 Å². The number of fused-ring (bicyclic) bond motifs is 1. The minimum Gasteiger partial charge on any atom is -0.496 e. The lowest BCUT2D eigenvalue weighted by molar-refractivity contribution is -0.120. The smallest absolute Gasteiger partial charge is 0.229 e. The molecule has 0 aliphatic carbocycles. The Balaban J connectivity index is 1.67. The third kappa shape index (κ3) is 6.50. The van der Waals surface area contributed by atoms with Gasteiger partial charge in [0.25, 0.3) is 0 Å². The van der Waals surface area contributed by atoms with Gasteiger partial charge in [0.15, 0.2) is 0 Å². The largest absolute Gasteiger partial charge is 0.496 e. The van der Waals surface area contributed by atoms with Crippen LogP contribution in [0.1, 0.15) is 38.3 Å². The SMILES string of the molecule is COc1ccc(-c2ccc(CN(C(=O)CC(C)(C)C)c3nccc4cc(NCCO)ccc34)cc2)cc1C. The third-order valence-corrected chi connectivity index (χ3v) is 6.45. The van der Waals surface area contributed by atoms with Gasteiger partial charge in [-0.05, 0) is 76.4 Å². The lowest BCUT2D eigenvalue weighted by Crippen LogP contribution is -2.34. The van der Waals surface area contributed by atoms with E-state index in [1.165, 1.54) is 0 Å². The van der Waals surface area contributed by atoms with Crippen molar-refractivity contribution in [1.82, 2.24) is 4.98 Å². The summed E-state index contributed by atoms with van der Waals surface area (Å²) in [7, 11) is 1.68. The number of pyridine rings is 1. The van der Waals surface area contributed by atoms with E-state index >= 15 is 0 Å². The molecule has 2 N–H and O–H groups in total. The van der Waals surface area contributed by atoms with Gasteiger partial charge in [0.1, 0.15) is 11.6 Å². The number of anilines is 2. The highest BCUT2D eigenvalue weighted by Crippen LogP contribution is 2.31. The molecule has 0 aliphatic rings. The first-order valence-electron chi connectivity index (χ1n) is 13.0. The monoisotopic (exact) mass is 511 g/mol. The van der Waals surface area contributed by atoms with Gasteiger partial charge in [0, 0.05) is 30.2 Å². The molecule has 0 bridgehead atoms. The van der Waals surface area contributed by atoms with E-state index < -0.39 is 0 Å². The number of amides is 1. The molecule has 3 aromatic carbocycles. The molecule has 198 valence electrons. The Morgan fingerprint density at radius 1 is 1.00 bits per heavy atom. The Morgan fingerprint density at radius 3 is 2.39 bits per heavy atom. The summed E-state index contributed by atoms with van der Waals surface area (Å²) in [6, 6.07) is 22.4. The van der Waals surface area contributed by atoms with Crippen molar-refractivity contribution in [1.29, 1.82) is 0 Å². The molecule has 4 rings (SSSR count). The van der Waals surface area contributed by atoms with Crippen LogP contribution in [-0.2, 0) is 11.3 Å². The maximum atomic E-state index is 13.6. The topological polar surface area (TPSA) is 74.7 Å². The van der Waals surface area contributed by atoms with E-state index in [1.54, 1.807) is 18.2 Å². The van der Waals surface area contributed by atoms with Gasteiger partial charge in [0.2, 0.25) is 5.91 Å². The Morgan fingerprint density at radius 2 is 1.74 bits per heavy atom. The predicted molar refractivity (Wildman–Crippen MR) is 156 cm³/mol. The molecule has 1 heterocycles. The molecular formula is C32H37N3O3. The van der Waals surface area contributed by atoms with Crippen LogP contribution >= 0.6 is 0 Å². The molecule has 0 saturated heterocycles. The van der Waals surface area contributed by atoms with E-state index in [1.807, 2.05) is 37.3 Å². The summed E-state index contributed by atoms with van der Waals surface area (Å²) in [6.07, 6.45) is 2.16. The van der Waals surface area contributed by atoms with Crippen molar-refractivity contribution in [2.24, 2.45) is 5.41 Å². The molecule has 4 aromatic rings. The maximum absolute atomic E-state index is 13.6. The van der Waals surface area contributed by atoms with Gasteiger partial charge in [-0.15, -0.1) is 0 Å². The van der Waals surface area contributed by atoms with Crippen LogP contribution in [0.15, 0.2) is 72.9 Å². The van der Waals surface area contributed by atoms with Gasteiger partial charge < -0.3 is 15.2 Å². The van der Waals surface area contributed by atoms with Crippen LogP contribution in [0.5, 0.6) is 5.75 Å². The van der Waals surface area contributed by atoms with Crippen molar-refractivity contribution in [3.05, 3.63) is 84.1 Å². The van der Waals surface area contributed by atoms with Crippen LogP contribution in [-0.4, -0.2) is 36.3 Å². The first kappa shape index (κ1) is 27.1. The maximum Gasteiger partial charge on any atom is 0.229 e. The normalized spacial score (nSPS) is 11.4. The van der Waals surface area contributed by atoms with Gasteiger partial charge in [-0.25, -0.2) is 4.98 Å². The molecule has 0 radical (unpaired) electrons. The number of aryl methyl sites for hydroxylation is 1. The molecule has 0 saturated carbocycles. The third-order valence-electron chi connectivity index (χ3n) is 6.45. The van der Waals surface area contributed by atoms with E-state index in [0.717, 1.165) is 44.5 Å². The minimum atomic E-state index is -0.155. The first-order valence-corrected chi connectivity index (χ1v) is 13.0. The molecule has 0 spiro atoms. The highest BCUT2D eigenvalue weighted by Gasteiger charge is 2.25. The lowest BCUT2D eigenvalue weighted by atomic mass is 9.91. The van der Waals surface area contributed by atoms with Gasteiger partial charge in [-0.2, -0.15) is 0 Å². The summed E-state index contributed by atoms with van der Waals surface area (Å²) >= 11 is 0. The first-order chi connectivity index (χ1) is 18.2. The summed E-state index contributed by atoms with van der Waals surface area (Å²) in [6.45, 7) is 9.22. The molecule has 0 fully saturated rings. The quantitative estimate of drug-likeness (QED) is 0.265. The number of aliphatic hydroxyl groups is 1. The second-order valence-electron chi connectivity index (χ2n) is 10.8. The minimum absolute atomic E-state index is 0.0369. The van der Waals surface area contributed by atoms with Crippen LogP contribution in [0.25, 0.3) is 21.9 Å². The standard InChI is InChI=1S/C32H37N3O3/c1-22-18-25(10-13-29(22)38-5)24-8-6-23(7-9-24)21-35(30(37)20-32(2,3)4)31-28-12-11-27(33-16-17-36)19-26(28)14-15-34-31/h6-15,18-19,33,36H,16-17,20-21H2,1-5H3. The predicted octanol–water partition coefficient (Wildman–Crippen LogP) is 6.59. The summed E-state index contributed by atoms with van der Waals surface area (Å²) < 4.78 is 5.39. The molecule has 6 heteroatoms. The van der Waals surface area contributed by atoms with Crippen molar-refractivity contribution in [2.75, 3.05) is 30.5 Å². The zero-order valence-corrected chi connectivity index (χ0v) is 22.9. The summed E-state index contributed by atoms with van der Waals surface area (Å²) in [5.74, 6) is 1.56. The van der Waals surface area contributed by atoms with E-state index in [9.17, 15) is 4.79 Å². The number of benzene rings is 3. The molecule has 0 unspecified atom stereocenters. The fraction of sp³-hybridized carbons (Fsp3) is 0.312. The lowest BCUT2D eigenvalue weighted by Gasteiger charge is -2.27. The Kier molecular flexibility index (Phi) is 8.32. The van der Waals surface area contributed by atoms with Crippen molar-refractivity contribution in [2.45, 2.75) is 40.7 Å². The van der Waals surface area contributed by atoms with Crippen molar-refractivity contribution >= 4 is 28.2 Å². The van der Waals surface area contributed by atoms with Crippen LogP contribution in [0.4, 0.5) is 11.5 Å². The summed E-state index contributed by atoms with van der Waals surface area (Å²) in [5.41, 5.74) is 5.11. The van der Waals surface area contributed by atoms with E-state index in [-0.39, 0.29) is 17.9 Å². The highest BCUT2D eigenvalue weighted by molar-refractivity contribution is 6.02. The Bertz CT molecular complexity index is 1410. The van der Waals surface area contributed by atoms with Crippen LogP contribution in [0.2, 0.25) is 0 Å². The fourth-order valence-corrected chi connectivity index (χ4v) is 4.56. The fourth-order valence-electron chi connectivity index (χ4n) is 4.56. The number of methoxy groups -OCH3 is 1. The highest BCUT2D eigenvalue weighted by atomic mass is 16.5. The molecule has 0 aliphatic heterocycles. The second kappa shape index (κ2) is 11.7. The summed E-state index contributed by atoms with van der Waals surface area (Å²) in [4.78, 5) is 20.1. The van der Waals surface area contributed by atoms with Crippen LogP contribution in [0.3, 0.4) is 0 Å². The summed E-state index contributed by atoms with van der Waals surface area (Å²) in [5, 5.41) is 14.2. The van der Waals surface area contributed by atoms with Crippen molar-refractivity contribution in [3.63, 3.8) is 0 Å². The molecule has 1 aromatic heterocycles. The van der Waals surface area contributed by atoms with Gasteiger partial charge >= 0.3 is 0 Å². The number of rotatable bonds is 9. The van der Waals surface area contributed by atoms with E-state index in [0.29, 0.717) is 25.3 Å². The van der Waals surface area contributed by atoms with Gasteiger partial charge in [-0.3, -0.25) is 9.69 Å². The van der Waals surface area contributed by atoms with E-state index in [4.69, 9.17) is 9.84 Å². The number of nitrogens with one attached hydrogen (secondary N) is 1. The Labute approximate surface area is 225 Å². The van der Waals surface area contributed by atoms with Gasteiger partial charge in [-0.1, -0.05) is 51.1 Å². The second-order valence-corrected chi connectivity index (χ2v) is 10.8. The number of aliphatic hydroxyl groups excluding tert-OH is 1. The average Bonchev–Trinajstić information content (AvgIpc) is 2.89. The zero-order valence-electron chi connectivity index (χ0n) is 22.9. The molecule has 1 amide bonds.